The first-order valence-corrected chi connectivity index (χ1v) is 7.09. The minimum Gasteiger partial charge on any atom is -0.360 e. The number of nitrogens with zero attached hydrogens (tertiary/aromatic N) is 3. The average Bonchev–Trinajstić information content (AvgIpc) is 2.40. The van der Waals surface area contributed by atoms with E-state index in [9.17, 15) is 20.2 Å². The molecule has 0 amide bonds. The van der Waals surface area contributed by atoms with Gasteiger partial charge in [-0.25, -0.2) is 0 Å². The van der Waals surface area contributed by atoms with Crippen molar-refractivity contribution >= 4 is 28.7 Å². The van der Waals surface area contributed by atoms with E-state index in [1.54, 1.807) is 4.90 Å². The molecular formula is C13H18ClN3O4. The number of nitro benzene ring substituents is 2. The average molecular weight is 316 g/mol. The Bertz CT molecular complexity index is 557. The summed E-state index contributed by atoms with van der Waals surface area (Å²) in [5.74, 6) is 0. The van der Waals surface area contributed by atoms with Gasteiger partial charge in [0.1, 0.15) is 0 Å². The molecule has 8 heteroatoms. The second-order valence-electron chi connectivity index (χ2n) is 4.70. The van der Waals surface area contributed by atoms with Crippen LogP contribution in [0.4, 0.5) is 17.1 Å². The number of benzene rings is 1. The molecule has 0 aromatic heterocycles. The van der Waals surface area contributed by atoms with Crippen LogP contribution in [0.25, 0.3) is 0 Å². The van der Waals surface area contributed by atoms with Crippen molar-refractivity contribution in [2.45, 2.75) is 33.6 Å². The lowest BCUT2D eigenvalue weighted by molar-refractivity contribution is -0.393. The maximum Gasteiger partial charge on any atom is 0.304 e. The Labute approximate surface area is 127 Å². The van der Waals surface area contributed by atoms with E-state index in [2.05, 4.69) is 0 Å². The van der Waals surface area contributed by atoms with Gasteiger partial charge in [0, 0.05) is 24.7 Å². The van der Waals surface area contributed by atoms with Gasteiger partial charge in [0.2, 0.25) is 0 Å². The van der Waals surface area contributed by atoms with Crippen molar-refractivity contribution < 1.29 is 9.85 Å². The summed E-state index contributed by atoms with van der Waals surface area (Å²) in [5.41, 5.74) is -0.301. The minimum atomic E-state index is -0.619. The van der Waals surface area contributed by atoms with Gasteiger partial charge < -0.3 is 4.90 Å². The highest BCUT2D eigenvalue weighted by atomic mass is 35.5. The van der Waals surface area contributed by atoms with E-state index in [0.29, 0.717) is 13.1 Å². The minimum absolute atomic E-state index is 0.0325. The third-order valence-electron chi connectivity index (χ3n) is 3.13. The SMILES string of the molecule is CCCN(CCC)c1c([N+](=O)[O-])cc(Cl)c(C)c1[N+](=O)[O-]. The van der Waals surface area contributed by atoms with E-state index < -0.39 is 9.85 Å². The van der Waals surface area contributed by atoms with E-state index in [1.165, 1.54) is 13.0 Å². The smallest absolute Gasteiger partial charge is 0.304 e. The quantitative estimate of drug-likeness (QED) is 0.558. The molecule has 1 aromatic rings. The van der Waals surface area contributed by atoms with Gasteiger partial charge in [-0.1, -0.05) is 25.4 Å². The Kier molecular flexibility index (Phi) is 5.90. The van der Waals surface area contributed by atoms with Crippen LogP contribution >= 0.6 is 11.6 Å². The summed E-state index contributed by atoms with van der Waals surface area (Å²) in [6, 6.07) is 1.19. The van der Waals surface area contributed by atoms with Gasteiger partial charge in [-0.05, 0) is 19.8 Å². The van der Waals surface area contributed by atoms with Crippen LogP contribution in [0.15, 0.2) is 6.07 Å². The fourth-order valence-corrected chi connectivity index (χ4v) is 2.45. The van der Waals surface area contributed by atoms with Crippen LogP contribution in [0, 0.1) is 27.2 Å². The zero-order chi connectivity index (χ0) is 16.2. The summed E-state index contributed by atoms with van der Waals surface area (Å²) >= 11 is 5.91. The van der Waals surface area contributed by atoms with Gasteiger partial charge in [-0.2, -0.15) is 0 Å². The highest BCUT2D eigenvalue weighted by Gasteiger charge is 2.33. The maximum absolute atomic E-state index is 11.4. The summed E-state index contributed by atoms with van der Waals surface area (Å²) in [6.45, 7) is 6.36. The van der Waals surface area contributed by atoms with Gasteiger partial charge in [0.25, 0.3) is 0 Å². The normalized spacial score (nSPS) is 10.5. The molecule has 1 rings (SSSR count). The molecule has 116 valence electrons. The molecule has 0 aliphatic carbocycles. The zero-order valence-corrected chi connectivity index (χ0v) is 13.0. The van der Waals surface area contributed by atoms with Crippen LogP contribution in [-0.4, -0.2) is 22.9 Å². The molecule has 0 aliphatic rings. The zero-order valence-electron chi connectivity index (χ0n) is 12.3. The molecule has 21 heavy (non-hydrogen) atoms. The lowest BCUT2D eigenvalue weighted by Crippen LogP contribution is -2.27. The molecule has 0 N–H and O–H groups in total. The highest BCUT2D eigenvalue weighted by Crippen LogP contribution is 2.43. The van der Waals surface area contributed by atoms with Crippen LogP contribution in [0.3, 0.4) is 0 Å². The number of rotatable bonds is 7. The molecule has 0 heterocycles. The molecule has 0 aliphatic heterocycles. The van der Waals surface area contributed by atoms with Gasteiger partial charge in [0.15, 0.2) is 5.69 Å². The standard InChI is InChI=1S/C13H18ClN3O4/c1-4-6-15(7-5-2)13-11(16(18)19)8-10(14)9(3)12(13)17(20)21/h8H,4-7H2,1-3H3. The first-order valence-electron chi connectivity index (χ1n) is 6.71. The lowest BCUT2D eigenvalue weighted by atomic mass is 10.1. The predicted octanol–water partition coefficient (Wildman–Crippen LogP) is 4.09. The van der Waals surface area contributed by atoms with Crippen molar-refractivity contribution in [1.82, 2.24) is 0 Å². The molecule has 1 aromatic carbocycles. The molecule has 0 saturated heterocycles. The van der Waals surface area contributed by atoms with Crippen molar-refractivity contribution in [2.75, 3.05) is 18.0 Å². The molecule has 7 nitrogen and oxygen atoms in total. The highest BCUT2D eigenvalue weighted by molar-refractivity contribution is 6.32. The van der Waals surface area contributed by atoms with Gasteiger partial charge in [0.05, 0.1) is 14.9 Å². The predicted molar refractivity (Wildman–Crippen MR) is 82.3 cm³/mol. The lowest BCUT2D eigenvalue weighted by Gasteiger charge is -2.23. The molecule has 0 unspecified atom stereocenters. The molecule has 0 saturated carbocycles. The van der Waals surface area contributed by atoms with Gasteiger partial charge in [-0.3, -0.25) is 20.2 Å². The van der Waals surface area contributed by atoms with Crippen molar-refractivity contribution in [3.8, 4) is 0 Å². The Hall–Kier alpha value is -1.89. The van der Waals surface area contributed by atoms with E-state index in [1.807, 2.05) is 13.8 Å². The Morgan fingerprint density at radius 1 is 1.14 bits per heavy atom. The van der Waals surface area contributed by atoms with Crippen LogP contribution in [0.2, 0.25) is 5.02 Å². The topological polar surface area (TPSA) is 89.5 Å². The first-order chi connectivity index (χ1) is 9.84. The summed E-state index contributed by atoms with van der Waals surface area (Å²) < 4.78 is 0. The molecule has 0 radical (unpaired) electrons. The second kappa shape index (κ2) is 7.21. The first kappa shape index (κ1) is 17.2. The summed E-state index contributed by atoms with van der Waals surface area (Å²) in [4.78, 5) is 23.1. The summed E-state index contributed by atoms with van der Waals surface area (Å²) in [5, 5.41) is 22.7. The van der Waals surface area contributed by atoms with E-state index in [0.717, 1.165) is 12.8 Å². The van der Waals surface area contributed by atoms with Crippen LogP contribution in [0.1, 0.15) is 32.3 Å². The Morgan fingerprint density at radius 2 is 1.67 bits per heavy atom. The number of halogens is 1. The van der Waals surface area contributed by atoms with Crippen LogP contribution < -0.4 is 4.90 Å². The summed E-state index contributed by atoms with van der Waals surface area (Å²) in [7, 11) is 0. The number of anilines is 1. The molecule has 0 bridgehead atoms. The van der Waals surface area contributed by atoms with Crippen LogP contribution in [-0.2, 0) is 0 Å². The molecule has 0 spiro atoms. The van der Waals surface area contributed by atoms with Gasteiger partial charge >= 0.3 is 11.4 Å². The number of hydrogen-bond donors (Lipinski definition) is 0. The Balaban J connectivity index is 3.67. The van der Waals surface area contributed by atoms with E-state index in [-0.39, 0.29) is 27.6 Å². The molecular weight excluding hydrogens is 298 g/mol. The second-order valence-corrected chi connectivity index (χ2v) is 5.11. The largest absolute Gasteiger partial charge is 0.360 e. The monoisotopic (exact) mass is 315 g/mol. The van der Waals surface area contributed by atoms with E-state index in [4.69, 9.17) is 11.6 Å². The fraction of sp³-hybridized carbons (Fsp3) is 0.538. The maximum atomic E-state index is 11.4. The van der Waals surface area contributed by atoms with Crippen molar-refractivity contribution in [1.29, 1.82) is 0 Å². The van der Waals surface area contributed by atoms with Crippen molar-refractivity contribution in [2.24, 2.45) is 0 Å². The third kappa shape index (κ3) is 3.60. The molecule has 0 fully saturated rings. The van der Waals surface area contributed by atoms with E-state index >= 15 is 0 Å². The fourth-order valence-electron chi connectivity index (χ4n) is 2.26. The number of hydrogen-bond acceptors (Lipinski definition) is 5. The number of nitro groups is 2. The molecule has 0 atom stereocenters. The van der Waals surface area contributed by atoms with Crippen LogP contribution in [0.5, 0.6) is 0 Å². The third-order valence-corrected chi connectivity index (χ3v) is 3.52. The summed E-state index contributed by atoms with van der Waals surface area (Å²) in [6.07, 6.45) is 1.46. The van der Waals surface area contributed by atoms with Crippen molar-refractivity contribution in [3.05, 3.63) is 36.9 Å². The van der Waals surface area contributed by atoms with Gasteiger partial charge in [-0.15, -0.1) is 0 Å². The van der Waals surface area contributed by atoms with Crippen molar-refractivity contribution in [3.63, 3.8) is 0 Å². The Morgan fingerprint density at radius 3 is 2.05 bits per heavy atom.